The Hall–Kier alpha value is -3.22. The van der Waals surface area contributed by atoms with Gasteiger partial charge in [-0.05, 0) is 19.9 Å². The standard InChI is InChI=1S/C17H15N3O4/c1-11-8-9-14(10-15(11)20(23)24)18-19-16(12(2)21)17(22)13-6-4-3-5-7-13/h3-10,16H,1-2H3. The van der Waals surface area contributed by atoms with Crippen LogP contribution in [0.5, 0.6) is 0 Å². The van der Waals surface area contributed by atoms with Gasteiger partial charge in [0.1, 0.15) is 0 Å². The van der Waals surface area contributed by atoms with Crippen LogP contribution in [-0.2, 0) is 4.79 Å². The van der Waals surface area contributed by atoms with Gasteiger partial charge in [0.15, 0.2) is 17.6 Å². The molecule has 0 fully saturated rings. The monoisotopic (exact) mass is 325 g/mol. The molecule has 0 aliphatic heterocycles. The van der Waals surface area contributed by atoms with E-state index in [0.717, 1.165) is 0 Å². The molecule has 0 bridgehead atoms. The highest BCUT2D eigenvalue weighted by atomic mass is 16.6. The number of carbonyl (C=O) groups is 2. The van der Waals surface area contributed by atoms with Crippen LogP contribution < -0.4 is 0 Å². The summed E-state index contributed by atoms with van der Waals surface area (Å²) in [7, 11) is 0. The van der Waals surface area contributed by atoms with Crippen molar-refractivity contribution in [2.24, 2.45) is 10.2 Å². The van der Waals surface area contributed by atoms with Gasteiger partial charge in [0.25, 0.3) is 5.69 Å². The Kier molecular flexibility index (Phi) is 5.26. The molecule has 1 atom stereocenters. The second-order valence-corrected chi connectivity index (χ2v) is 5.19. The number of azo groups is 1. The molecular weight excluding hydrogens is 310 g/mol. The number of ketones is 2. The first-order valence-corrected chi connectivity index (χ1v) is 7.15. The molecule has 0 heterocycles. The van der Waals surface area contributed by atoms with Gasteiger partial charge in [0, 0.05) is 17.2 Å². The molecule has 0 spiro atoms. The first-order chi connectivity index (χ1) is 11.4. The van der Waals surface area contributed by atoms with Crippen molar-refractivity contribution in [2.75, 3.05) is 0 Å². The van der Waals surface area contributed by atoms with Gasteiger partial charge in [-0.3, -0.25) is 19.7 Å². The van der Waals surface area contributed by atoms with Gasteiger partial charge in [0.05, 0.1) is 10.6 Å². The van der Waals surface area contributed by atoms with E-state index in [0.29, 0.717) is 11.1 Å². The second kappa shape index (κ2) is 7.36. The van der Waals surface area contributed by atoms with Crippen LogP contribution in [-0.4, -0.2) is 22.5 Å². The first-order valence-electron chi connectivity index (χ1n) is 7.15. The highest BCUT2D eigenvalue weighted by Gasteiger charge is 2.24. The van der Waals surface area contributed by atoms with E-state index in [-0.39, 0.29) is 11.4 Å². The van der Waals surface area contributed by atoms with Crippen LogP contribution >= 0.6 is 0 Å². The molecule has 2 aromatic rings. The zero-order valence-corrected chi connectivity index (χ0v) is 13.2. The van der Waals surface area contributed by atoms with E-state index in [1.807, 2.05) is 0 Å². The molecule has 0 aliphatic carbocycles. The molecule has 7 nitrogen and oxygen atoms in total. The normalized spacial score (nSPS) is 12.1. The molecule has 1 unspecified atom stereocenters. The van der Waals surface area contributed by atoms with Crippen molar-refractivity contribution < 1.29 is 14.5 Å². The van der Waals surface area contributed by atoms with E-state index in [1.165, 1.54) is 25.1 Å². The summed E-state index contributed by atoms with van der Waals surface area (Å²) in [6.45, 7) is 2.86. The third-order valence-corrected chi connectivity index (χ3v) is 3.37. The lowest BCUT2D eigenvalue weighted by Crippen LogP contribution is -2.26. The summed E-state index contributed by atoms with van der Waals surface area (Å²) in [4.78, 5) is 34.5. The maximum absolute atomic E-state index is 12.4. The fraction of sp³-hybridized carbons (Fsp3) is 0.176. The number of Topliss-reactive ketones (excluding diaryl/α,β-unsaturated/α-hetero) is 2. The van der Waals surface area contributed by atoms with Gasteiger partial charge in [0.2, 0.25) is 0 Å². The molecule has 2 aromatic carbocycles. The Bertz CT molecular complexity index is 816. The maximum atomic E-state index is 12.4. The van der Waals surface area contributed by atoms with Gasteiger partial charge in [-0.15, -0.1) is 0 Å². The molecule has 122 valence electrons. The predicted molar refractivity (Wildman–Crippen MR) is 87.6 cm³/mol. The van der Waals surface area contributed by atoms with E-state index in [1.54, 1.807) is 37.3 Å². The van der Waals surface area contributed by atoms with Gasteiger partial charge >= 0.3 is 0 Å². The first kappa shape index (κ1) is 17.1. The molecule has 0 N–H and O–H groups in total. The minimum Gasteiger partial charge on any atom is -0.297 e. The van der Waals surface area contributed by atoms with Crippen LogP contribution in [0.3, 0.4) is 0 Å². The van der Waals surface area contributed by atoms with Crippen LogP contribution in [0.25, 0.3) is 0 Å². The van der Waals surface area contributed by atoms with Gasteiger partial charge in [-0.2, -0.15) is 10.2 Å². The zero-order chi connectivity index (χ0) is 17.7. The van der Waals surface area contributed by atoms with Crippen LogP contribution in [0.4, 0.5) is 11.4 Å². The fourth-order valence-electron chi connectivity index (χ4n) is 2.06. The average Bonchev–Trinajstić information content (AvgIpc) is 2.56. The molecule has 0 aliphatic rings. The van der Waals surface area contributed by atoms with E-state index >= 15 is 0 Å². The molecule has 0 amide bonds. The summed E-state index contributed by atoms with van der Waals surface area (Å²) in [6.07, 6.45) is 0. The molecule has 0 saturated heterocycles. The van der Waals surface area contributed by atoms with Crippen molar-refractivity contribution >= 4 is 22.9 Å². The zero-order valence-electron chi connectivity index (χ0n) is 13.2. The summed E-state index contributed by atoms with van der Waals surface area (Å²) in [5.41, 5.74) is 0.952. The third-order valence-electron chi connectivity index (χ3n) is 3.37. The number of carbonyl (C=O) groups excluding carboxylic acids is 2. The molecule has 2 rings (SSSR count). The average molecular weight is 325 g/mol. The lowest BCUT2D eigenvalue weighted by Gasteiger charge is -2.06. The summed E-state index contributed by atoms with van der Waals surface area (Å²) < 4.78 is 0. The number of nitro benzene ring substituents is 1. The summed E-state index contributed by atoms with van der Waals surface area (Å²) in [5, 5.41) is 18.6. The number of benzene rings is 2. The summed E-state index contributed by atoms with van der Waals surface area (Å²) in [6, 6.07) is 11.4. The topological polar surface area (TPSA) is 102 Å². The molecule has 24 heavy (non-hydrogen) atoms. The van der Waals surface area contributed by atoms with E-state index in [4.69, 9.17) is 0 Å². The largest absolute Gasteiger partial charge is 0.297 e. The third kappa shape index (κ3) is 3.95. The van der Waals surface area contributed by atoms with Crippen molar-refractivity contribution in [3.05, 3.63) is 69.8 Å². The Morgan fingerprint density at radius 2 is 1.79 bits per heavy atom. The molecule has 0 saturated carbocycles. The van der Waals surface area contributed by atoms with Crippen LogP contribution in [0, 0.1) is 17.0 Å². The van der Waals surface area contributed by atoms with Gasteiger partial charge < -0.3 is 0 Å². The van der Waals surface area contributed by atoms with E-state index in [9.17, 15) is 19.7 Å². The predicted octanol–water partition coefficient (Wildman–Crippen LogP) is 3.83. The van der Waals surface area contributed by atoms with Crippen molar-refractivity contribution in [3.8, 4) is 0 Å². The van der Waals surface area contributed by atoms with E-state index in [2.05, 4.69) is 10.2 Å². The Morgan fingerprint density at radius 1 is 1.12 bits per heavy atom. The molecular formula is C17H15N3O4. The van der Waals surface area contributed by atoms with Gasteiger partial charge in [-0.1, -0.05) is 36.4 Å². The Balaban J connectivity index is 2.30. The van der Waals surface area contributed by atoms with Gasteiger partial charge in [-0.25, -0.2) is 0 Å². The van der Waals surface area contributed by atoms with Crippen molar-refractivity contribution in [1.82, 2.24) is 0 Å². The summed E-state index contributed by atoms with van der Waals surface area (Å²) >= 11 is 0. The molecule has 7 heteroatoms. The smallest absolute Gasteiger partial charge is 0.274 e. The minimum atomic E-state index is -1.27. The maximum Gasteiger partial charge on any atom is 0.274 e. The Morgan fingerprint density at radius 3 is 2.38 bits per heavy atom. The van der Waals surface area contributed by atoms with E-state index < -0.39 is 22.5 Å². The van der Waals surface area contributed by atoms with Crippen molar-refractivity contribution in [2.45, 2.75) is 19.9 Å². The number of hydrogen-bond donors (Lipinski definition) is 0. The Labute approximate surface area is 138 Å². The number of hydrogen-bond acceptors (Lipinski definition) is 6. The second-order valence-electron chi connectivity index (χ2n) is 5.19. The van der Waals surface area contributed by atoms with Crippen molar-refractivity contribution in [3.63, 3.8) is 0 Å². The fourth-order valence-corrected chi connectivity index (χ4v) is 2.06. The molecule has 0 aromatic heterocycles. The number of nitro groups is 1. The lowest BCUT2D eigenvalue weighted by molar-refractivity contribution is -0.385. The van der Waals surface area contributed by atoms with Crippen LogP contribution in [0.2, 0.25) is 0 Å². The lowest BCUT2D eigenvalue weighted by atomic mass is 10.0. The number of rotatable bonds is 6. The minimum absolute atomic E-state index is 0.0970. The SMILES string of the molecule is CC(=O)C(N=Nc1ccc(C)c([N+](=O)[O-])c1)C(=O)c1ccccc1. The quantitative estimate of drug-likeness (QED) is 0.265. The highest BCUT2D eigenvalue weighted by molar-refractivity contribution is 6.13. The highest BCUT2D eigenvalue weighted by Crippen LogP contribution is 2.25. The van der Waals surface area contributed by atoms with Crippen LogP contribution in [0.15, 0.2) is 58.8 Å². The number of nitrogens with zero attached hydrogens (tertiary/aromatic N) is 3. The van der Waals surface area contributed by atoms with Crippen LogP contribution in [0.1, 0.15) is 22.8 Å². The van der Waals surface area contributed by atoms with Crippen molar-refractivity contribution in [1.29, 1.82) is 0 Å². The molecule has 0 radical (unpaired) electrons. The number of aryl methyl sites for hydroxylation is 1. The summed E-state index contributed by atoms with van der Waals surface area (Å²) in [5.74, 6) is -0.914.